The van der Waals surface area contributed by atoms with Crippen LogP contribution in [0.1, 0.15) is 53.9 Å². The van der Waals surface area contributed by atoms with Crippen molar-refractivity contribution in [3.05, 3.63) is 0 Å². The minimum atomic E-state index is -0.977. The highest BCUT2D eigenvalue weighted by molar-refractivity contribution is 6.81. The number of nitrogens with zero attached hydrogens (tertiary/aromatic N) is 1. The molecule has 2 heteroatoms. The van der Waals surface area contributed by atoms with Gasteiger partial charge in [-0.25, -0.2) is 0 Å². The van der Waals surface area contributed by atoms with E-state index in [0.717, 1.165) is 11.6 Å². The van der Waals surface area contributed by atoms with Gasteiger partial charge in [0.2, 0.25) is 0 Å². The second kappa shape index (κ2) is 5.28. The van der Waals surface area contributed by atoms with Gasteiger partial charge in [-0.1, -0.05) is 52.8 Å². The summed E-state index contributed by atoms with van der Waals surface area (Å²) < 4.78 is 0. The van der Waals surface area contributed by atoms with Crippen LogP contribution in [0.4, 0.5) is 0 Å². The Hall–Kier alpha value is 0.177. The molecule has 0 aliphatic carbocycles. The summed E-state index contributed by atoms with van der Waals surface area (Å²) in [7, 11) is -0.977. The van der Waals surface area contributed by atoms with Crippen LogP contribution in [-0.2, 0) is 0 Å². The van der Waals surface area contributed by atoms with E-state index in [0.29, 0.717) is 5.41 Å². The Kier molecular flexibility index (Phi) is 4.28. The number of fused-ring (bicyclic) bond motifs is 1. The molecular weight excluding hydrogens is 234 g/mol. The molecule has 1 nitrogen and oxygen atoms in total. The van der Waals surface area contributed by atoms with Gasteiger partial charge in [0.15, 0.2) is 0 Å². The van der Waals surface area contributed by atoms with E-state index in [-0.39, 0.29) is 0 Å². The van der Waals surface area contributed by atoms with Crippen LogP contribution >= 0.6 is 0 Å². The molecule has 2 heterocycles. The zero-order valence-electron chi connectivity index (χ0n) is 13.3. The van der Waals surface area contributed by atoms with E-state index in [1.165, 1.54) is 50.5 Å². The average Bonchev–Trinajstić information content (AvgIpc) is 2.78. The van der Waals surface area contributed by atoms with Crippen LogP contribution in [0.5, 0.6) is 0 Å². The first-order valence-electron chi connectivity index (χ1n) is 8.23. The molecule has 2 saturated heterocycles. The van der Waals surface area contributed by atoms with Gasteiger partial charge < -0.3 is 0 Å². The molecule has 0 spiro atoms. The van der Waals surface area contributed by atoms with E-state index in [2.05, 4.69) is 39.5 Å². The molecule has 0 aromatic rings. The molecule has 2 fully saturated rings. The predicted octanol–water partition coefficient (Wildman–Crippen LogP) is 4.76. The lowest BCUT2D eigenvalue weighted by Crippen LogP contribution is -2.45. The number of hydrogen-bond acceptors (Lipinski definition) is 1. The van der Waals surface area contributed by atoms with Gasteiger partial charge in [-0.3, -0.25) is 4.90 Å². The van der Waals surface area contributed by atoms with Gasteiger partial charge in [0.05, 0.1) is 8.07 Å². The lowest BCUT2D eigenvalue weighted by molar-refractivity contribution is 0.0712. The highest BCUT2D eigenvalue weighted by Gasteiger charge is 2.49. The van der Waals surface area contributed by atoms with Gasteiger partial charge in [0, 0.05) is 6.04 Å². The summed E-state index contributed by atoms with van der Waals surface area (Å²) >= 11 is 0. The molecule has 0 radical (unpaired) electrons. The first-order chi connectivity index (χ1) is 8.49. The normalized spacial score (nSPS) is 32.5. The summed E-state index contributed by atoms with van der Waals surface area (Å²) in [6.07, 6.45) is 4.39. The third kappa shape index (κ3) is 2.31. The Morgan fingerprint density at radius 2 is 1.72 bits per heavy atom. The van der Waals surface area contributed by atoms with Crippen LogP contribution in [0.3, 0.4) is 0 Å². The standard InChI is InChI=1S/C16H33NSi/c1-6-18(7-2,8-3)14-12-15-16(4,5)10-9-11-17(15)13-14/h14-15H,6-13H2,1-5H3/t14?,15-/m1/s1. The first kappa shape index (κ1) is 14.6. The van der Waals surface area contributed by atoms with Crippen LogP contribution in [0, 0.1) is 5.41 Å². The number of hydrogen-bond donors (Lipinski definition) is 0. The molecule has 106 valence electrons. The zero-order chi connectivity index (χ0) is 13.4. The minimum Gasteiger partial charge on any atom is -0.300 e. The smallest absolute Gasteiger partial charge is 0.0572 e. The van der Waals surface area contributed by atoms with E-state index < -0.39 is 8.07 Å². The molecule has 0 bridgehead atoms. The third-order valence-electron chi connectivity index (χ3n) is 6.55. The summed E-state index contributed by atoms with van der Waals surface area (Å²) in [4.78, 5) is 2.86. The van der Waals surface area contributed by atoms with Crippen molar-refractivity contribution < 1.29 is 0 Å². The maximum absolute atomic E-state index is 2.86. The van der Waals surface area contributed by atoms with Crippen molar-refractivity contribution in [2.24, 2.45) is 5.41 Å². The van der Waals surface area contributed by atoms with Crippen LogP contribution in [0.25, 0.3) is 0 Å². The maximum Gasteiger partial charge on any atom is 0.0572 e. The molecule has 0 saturated carbocycles. The molecule has 0 aromatic carbocycles. The first-order valence-corrected chi connectivity index (χ1v) is 10.9. The van der Waals surface area contributed by atoms with E-state index in [1.54, 1.807) is 0 Å². The SMILES string of the molecule is CC[Si](CC)(CC)C1C[C@H]2N(CCCC2(C)C)C1. The molecule has 0 aromatic heterocycles. The summed E-state index contributed by atoms with van der Waals surface area (Å²) in [6.45, 7) is 15.3. The molecule has 0 amide bonds. The Labute approximate surface area is 115 Å². The molecule has 2 aliphatic heterocycles. The maximum atomic E-state index is 2.86. The van der Waals surface area contributed by atoms with Gasteiger partial charge in [0.25, 0.3) is 0 Å². The van der Waals surface area contributed by atoms with Gasteiger partial charge in [-0.05, 0) is 43.3 Å². The fourth-order valence-corrected chi connectivity index (χ4v) is 9.50. The van der Waals surface area contributed by atoms with E-state index in [1.807, 2.05) is 0 Å². The lowest BCUT2D eigenvalue weighted by Gasteiger charge is -2.42. The van der Waals surface area contributed by atoms with Crippen molar-refractivity contribution >= 4 is 8.07 Å². The molecule has 2 atom stereocenters. The van der Waals surface area contributed by atoms with Crippen LogP contribution in [-0.4, -0.2) is 32.1 Å². The van der Waals surface area contributed by atoms with Crippen LogP contribution in [0.15, 0.2) is 0 Å². The second-order valence-corrected chi connectivity index (χ2v) is 13.1. The minimum absolute atomic E-state index is 0.572. The average molecular weight is 268 g/mol. The Morgan fingerprint density at radius 3 is 2.22 bits per heavy atom. The highest BCUT2D eigenvalue weighted by Crippen LogP contribution is 2.49. The molecule has 1 unspecified atom stereocenters. The largest absolute Gasteiger partial charge is 0.300 e. The van der Waals surface area contributed by atoms with Gasteiger partial charge in [-0.15, -0.1) is 0 Å². The van der Waals surface area contributed by atoms with Gasteiger partial charge in [-0.2, -0.15) is 0 Å². The second-order valence-electron chi connectivity index (χ2n) is 7.46. The predicted molar refractivity (Wildman–Crippen MR) is 83.9 cm³/mol. The zero-order valence-corrected chi connectivity index (χ0v) is 14.3. The molecule has 2 aliphatic rings. The molecule has 2 rings (SSSR count). The number of piperidine rings is 1. The van der Waals surface area contributed by atoms with E-state index in [4.69, 9.17) is 0 Å². The summed E-state index contributed by atoms with van der Waals surface area (Å²) in [5, 5.41) is 0. The van der Waals surface area contributed by atoms with E-state index in [9.17, 15) is 0 Å². The quantitative estimate of drug-likeness (QED) is 0.664. The van der Waals surface area contributed by atoms with Crippen molar-refractivity contribution in [2.45, 2.75) is 83.6 Å². The highest BCUT2D eigenvalue weighted by atomic mass is 28.3. The lowest BCUT2D eigenvalue weighted by atomic mass is 9.76. The van der Waals surface area contributed by atoms with Gasteiger partial charge in [0.1, 0.15) is 0 Å². The molecule has 18 heavy (non-hydrogen) atoms. The van der Waals surface area contributed by atoms with Crippen molar-refractivity contribution in [3.8, 4) is 0 Å². The van der Waals surface area contributed by atoms with Crippen molar-refractivity contribution in [1.82, 2.24) is 4.90 Å². The van der Waals surface area contributed by atoms with Crippen LogP contribution in [0.2, 0.25) is 23.7 Å². The molecule has 0 N–H and O–H groups in total. The fraction of sp³-hybridized carbons (Fsp3) is 1.00. The van der Waals surface area contributed by atoms with Crippen molar-refractivity contribution in [2.75, 3.05) is 13.1 Å². The van der Waals surface area contributed by atoms with Gasteiger partial charge >= 0.3 is 0 Å². The van der Waals surface area contributed by atoms with Crippen molar-refractivity contribution in [3.63, 3.8) is 0 Å². The summed E-state index contributed by atoms with van der Waals surface area (Å²) in [6, 6.07) is 5.41. The van der Waals surface area contributed by atoms with E-state index >= 15 is 0 Å². The summed E-state index contributed by atoms with van der Waals surface area (Å²) in [5.41, 5.74) is 1.66. The monoisotopic (exact) mass is 267 g/mol. The fourth-order valence-electron chi connectivity index (χ4n) is 4.93. The Bertz CT molecular complexity index is 275. The Morgan fingerprint density at radius 1 is 1.11 bits per heavy atom. The third-order valence-corrected chi connectivity index (χ3v) is 12.9. The topological polar surface area (TPSA) is 3.24 Å². The summed E-state index contributed by atoms with van der Waals surface area (Å²) in [5.74, 6) is 0. The van der Waals surface area contributed by atoms with Crippen molar-refractivity contribution in [1.29, 1.82) is 0 Å². The molecular formula is C16H33NSi. The Balaban J connectivity index is 2.15. The van der Waals surface area contributed by atoms with Crippen LogP contribution < -0.4 is 0 Å². The number of rotatable bonds is 4.